The maximum absolute atomic E-state index is 12.0. The van der Waals surface area contributed by atoms with E-state index in [1.54, 1.807) is 0 Å². The molecule has 144 valence electrons. The fraction of sp³-hybridized carbons (Fsp3) is 0.600. The molecular formula is C20H31IN4O. The van der Waals surface area contributed by atoms with Gasteiger partial charge in [-0.1, -0.05) is 18.6 Å². The Morgan fingerprint density at radius 3 is 2.58 bits per heavy atom. The summed E-state index contributed by atoms with van der Waals surface area (Å²) in [7, 11) is 0. The van der Waals surface area contributed by atoms with Crippen LogP contribution in [0.25, 0.3) is 0 Å². The van der Waals surface area contributed by atoms with Gasteiger partial charge in [0.1, 0.15) is 0 Å². The molecule has 1 heterocycles. The highest BCUT2D eigenvalue weighted by Gasteiger charge is 2.43. The summed E-state index contributed by atoms with van der Waals surface area (Å²) in [6, 6.07) is 7.76. The number of benzene rings is 1. The van der Waals surface area contributed by atoms with Crippen molar-refractivity contribution in [3.63, 3.8) is 0 Å². The molecule has 1 aromatic rings. The van der Waals surface area contributed by atoms with E-state index in [9.17, 15) is 4.79 Å². The molecule has 0 bridgehead atoms. The lowest BCUT2D eigenvalue weighted by atomic mass is 9.68. The number of aliphatic imine (C=N–C) groups is 1. The number of rotatable bonds is 5. The Balaban J connectivity index is 0.00000243. The molecule has 1 aliphatic carbocycles. The van der Waals surface area contributed by atoms with Crippen LogP contribution in [0.3, 0.4) is 0 Å². The molecule has 6 heteroatoms. The Kier molecular flexibility index (Phi) is 7.73. The molecule has 0 atom stereocenters. The third kappa shape index (κ3) is 4.90. The lowest BCUT2D eigenvalue weighted by Gasteiger charge is -2.38. The van der Waals surface area contributed by atoms with Gasteiger partial charge < -0.3 is 15.5 Å². The molecule has 26 heavy (non-hydrogen) atoms. The second-order valence-electron chi connectivity index (χ2n) is 7.26. The van der Waals surface area contributed by atoms with Crippen molar-refractivity contribution in [2.45, 2.75) is 46.1 Å². The Morgan fingerprint density at radius 1 is 1.19 bits per heavy atom. The first-order valence-corrected chi connectivity index (χ1v) is 9.56. The van der Waals surface area contributed by atoms with Crippen LogP contribution in [-0.2, 0) is 6.54 Å². The van der Waals surface area contributed by atoms with Gasteiger partial charge in [0, 0.05) is 31.7 Å². The molecule has 0 unspecified atom stereocenters. The first-order valence-electron chi connectivity index (χ1n) is 9.56. The van der Waals surface area contributed by atoms with Crippen LogP contribution in [0, 0.1) is 5.41 Å². The number of halogens is 1. The van der Waals surface area contributed by atoms with Crippen molar-refractivity contribution in [2.24, 2.45) is 10.4 Å². The number of hydrogen-bond acceptors (Lipinski definition) is 2. The zero-order valence-electron chi connectivity index (χ0n) is 15.9. The predicted molar refractivity (Wildman–Crippen MR) is 117 cm³/mol. The summed E-state index contributed by atoms with van der Waals surface area (Å²) in [5, 5.41) is 6.28. The van der Waals surface area contributed by atoms with E-state index in [1.807, 2.05) is 31.2 Å². The second-order valence-corrected chi connectivity index (χ2v) is 7.26. The Bertz CT molecular complexity index is 642. The maximum Gasteiger partial charge on any atom is 0.251 e. The standard InChI is InChI=1S/C20H30N4O.HI/c1-3-21-18(25)17-8-5-7-16(13-17)14-23-19(22-4-2)24-12-11-20(15-24)9-6-10-20;/h5,7-8,13H,3-4,6,9-12,14-15H2,1-2H3,(H,21,25)(H,22,23);1H. The highest BCUT2D eigenvalue weighted by molar-refractivity contribution is 14.0. The van der Waals surface area contributed by atoms with Crippen molar-refractivity contribution in [1.29, 1.82) is 0 Å². The molecular weight excluding hydrogens is 439 g/mol. The largest absolute Gasteiger partial charge is 0.357 e. The van der Waals surface area contributed by atoms with E-state index < -0.39 is 0 Å². The quantitative estimate of drug-likeness (QED) is 0.394. The molecule has 2 aliphatic rings. The molecule has 1 saturated carbocycles. The SMILES string of the molecule is CCNC(=O)c1cccc(CN=C(NCC)N2CCC3(CCC3)C2)c1.I. The van der Waals surface area contributed by atoms with E-state index in [1.165, 1.54) is 25.7 Å². The van der Waals surface area contributed by atoms with Gasteiger partial charge in [0.2, 0.25) is 0 Å². The van der Waals surface area contributed by atoms with Crippen molar-refractivity contribution in [3.05, 3.63) is 35.4 Å². The maximum atomic E-state index is 12.0. The molecule has 0 radical (unpaired) electrons. The third-order valence-corrected chi connectivity index (χ3v) is 5.42. The third-order valence-electron chi connectivity index (χ3n) is 5.42. The monoisotopic (exact) mass is 470 g/mol. The van der Waals surface area contributed by atoms with Gasteiger partial charge >= 0.3 is 0 Å². The second kappa shape index (κ2) is 9.58. The number of nitrogens with zero attached hydrogens (tertiary/aromatic N) is 2. The molecule has 1 aliphatic heterocycles. The number of hydrogen-bond donors (Lipinski definition) is 2. The predicted octanol–water partition coefficient (Wildman–Crippen LogP) is 3.40. The molecule has 0 aromatic heterocycles. The summed E-state index contributed by atoms with van der Waals surface area (Å²) in [5.74, 6) is 0.987. The normalized spacial score (nSPS) is 18.2. The topological polar surface area (TPSA) is 56.7 Å². The molecule has 2 N–H and O–H groups in total. The van der Waals surface area contributed by atoms with Crippen LogP contribution in [0.15, 0.2) is 29.3 Å². The summed E-state index contributed by atoms with van der Waals surface area (Å²) in [5.41, 5.74) is 2.33. The lowest BCUT2D eigenvalue weighted by Crippen LogP contribution is -2.42. The van der Waals surface area contributed by atoms with Crippen LogP contribution in [0.5, 0.6) is 0 Å². The fourth-order valence-corrected chi connectivity index (χ4v) is 3.87. The fourth-order valence-electron chi connectivity index (χ4n) is 3.87. The van der Waals surface area contributed by atoms with E-state index in [0.29, 0.717) is 24.1 Å². The molecule has 3 rings (SSSR count). The first kappa shape index (κ1) is 21.0. The van der Waals surface area contributed by atoms with Gasteiger partial charge in [0.05, 0.1) is 6.54 Å². The van der Waals surface area contributed by atoms with Gasteiger partial charge in [0.15, 0.2) is 5.96 Å². The Morgan fingerprint density at radius 2 is 1.96 bits per heavy atom. The van der Waals surface area contributed by atoms with Gasteiger partial charge in [-0.05, 0) is 56.2 Å². The van der Waals surface area contributed by atoms with Crippen LogP contribution in [0.1, 0.15) is 55.5 Å². The highest BCUT2D eigenvalue weighted by Crippen LogP contribution is 2.47. The number of carbonyl (C=O) groups excluding carboxylic acids is 1. The average Bonchev–Trinajstić information content (AvgIpc) is 3.05. The van der Waals surface area contributed by atoms with Gasteiger partial charge in [-0.2, -0.15) is 0 Å². The minimum Gasteiger partial charge on any atom is -0.357 e. The highest BCUT2D eigenvalue weighted by atomic mass is 127. The summed E-state index contributed by atoms with van der Waals surface area (Å²) in [4.78, 5) is 19.2. The molecule has 1 saturated heterocycles. The van der Waals surface area contributed by atoms with Gasteiger partial charge in [-0.15, -0.1) is 24.0 Å². The van der Waals surface area contributed by atoms with E-state index >= 15 is 0 Å². The van der Waals surface area contributed by atoms with Gasteiger partial charge in [-0.3, -0.25) is 4.79 Å². The van der Waals surface area contributed by atoms with Gasteiger partial charge in [-0.25, -0.2) is 4.99 Å². The molecule has 1 spiro atoms. The van der Waals surface area contributed by atoms with Crippen molar-refractivity contribution in [3.8, 4) is 0 Å². The zero-order valence-corrected chi connectivity index (χ0v) is 18.2. The lowest BCUT2D eigenvalue weighted by molar-refractivity contribution is 0.0955. The number of amides is 1. The van der Waals surface area contributed by atoms with Crippen molar-refractivity contribution in [1.82, 2.24) is 15.5 Å². The molecule has 2 fully saturated rings. The number of guanidine groups is 1. The smallest absolute Gasteiger partial charge is 0.251 e. The van der Waals surface area contributed by atoms with Crippen LogP contribution >= 0.6 is 24.0 Å². The van der Waals surface area contributed by atoms with Crippen LogP contribution < -0.4 is 10.6 Å². The van der Waals surface area contributed by atoms with Crippen molar-refractivity contribution in [2.75, 3.05) is 26.2 Å². The summed E-state index contributed by atoms with van der Waals surface area (Å²) >= 11 is 0. The molecule has 1 aromatic carbocycles. The van der Waals surface area contributed by atoms with Crippen molar-refractivity contribution >= 4 is 35.8 Å². The molecule has 5 nitrogen and oxygen atoms in total. The number of likely N-dealkylation sites (tertiary alicyclic amines) is 1. The average molecular weight is 470 g/mol. The minimum absolute atomic E-state index is 0. The Hall–Kier alpha value is -1.31. The first-order chi connectivity index (χ1) is 12.2. The summed E-state index contributed by atoms with van der Waals surface area (Å²) < 4.78 is 0. The zero-order chi connectivity index (χ0) is 17.7. The summed E-state index contributed by atoms with van der Waals surface area (Å²) in [6.07, 6.45) is 5.42. The van der Waals surface area contributed by atoms with E-state index in [0.717, 1.165) is 31.2 Å². The van der Waals surface area contributed by atoms with Crippen LogP contribution in [-0.4, -0.2) is 42.9 Å². The van der Waals surface area contributed by atoms with Crippen LogP contribution in [0.2, 0.25) is 0 Å². The van der Waals surface area contributed by atoms with E-state index in [2.05, 4.69) is 22.5 Å². The number of carbonyl (C=O) groups is 1. The van der Waals surface area contributed by atoms with Crippen LogP contribution in [0.4, 0.5) is 0 Å². The van der Waals surface area contributed by atoms with E-state index in [-0.39, 0.29) is 29.9 Å². The minimum atomic E-state index is -0.0216. The van der Waals surface area contributed by atoms with Gasteiger partial charge in [0.25, 0.3) is 5.91 Å². The molecule has 1 amide bonds. The summed E-state index contributed by atoms with van der Waals surface area (Å²) in [6.45, 7) is 8.39. The Labute approximate surface area is 174 Å². The number of nitrogens with one attached hydrogen (secondary N) is 2. The van der Waals surface area contributed by atoms with Crippen molar-refractivity contribution < 1.29 is 4.79 Å². The van der Waals surface area contributed by atoms with E-state index in [4.69, 9.17) is 4.99 Å².